The highest BCUT2D eigenvalue weighted by Gasteiger charge is 2.45. The number of rotatable bonds is 8. The van der Waals surface area contributed by atoms with Gasteiger partial charge in [-0.05, 0) is 18.9 Å². The standard InChI is InChI=1S/C17H28N2O5/c1-6-12(20)10-8-7-9-11-13-23-14(16(21)18(2)3)15(24-13)17(22)19(4)5/h9,11,13-15H,6-8,10H2,1-5H3/b11-9+/t14-,15-/m1/s1. The molecule has 1 fully saturated rings. The van der Waals surface area contributed by atoms with Crippen LogP contribution in [-0.4, -0.2) is 74.1 Å². The molecule has 0 aromatic heterocycles. The van der Waals surface area contributed by atoms with E-state index in [1.807, 2.05) is 13.0 Å². The monoisotopic (exact) mass is 340 g/mol. The predicted octanol–water partition coefficient (Wildman–Crippen LogP) is 0.979. The Morgan fingerprint density at radius 3 is 1.88 bits per heavy atom. The summed E-state index contributed by atoms with van der Waals surface area (Å²) in [4.78, 5) is 38.4. The molecule has 0 unspecified atom stereocenters. The fourth-order valence-corrected chi connectivity index (χ4v) is 2.24. The van der Waals surface area contributed by atoms with Crippen molar-refractivity contribution in [3.63, 3.8) is 0 Å². The zero-order valence-corrected chi connectivity index (χ0v) is 15.2. The number of ketones is 1. The van der Waals surface area contributed by atoms with Gasteiger partial charge in [0.1, 0.15) is 5.78 Å². The molecule has 0 aromatic carbocycles. The minimum absolute atomic E-state index is 0.241. The molecular formula is C17H28N2O5. The minimum atomic E-state index is -0.953. The summed E-state index contributed by atoms with van der Waals surface area (Å²) in [6.07, 6.45) is 3.48. The number of allylic oxidation sites excluding steroid dienone is 1. The third kappa shape index (κ3) is 5.72. The van der Waals surface area contributed by atoms with Crippen LogP contribution in [0.15, 0.2) is 12.2 Å². The molecule has 1 heterocycles. The van der Waals surface area contributed by atoms with Gasteiger partial charge in [0.15, 0.2) is 18.5 Å². The number of ether oxygens (including phenoxy) is 2. The summed E-state index contributed by atoms with van der Waals surface area (Å²) < 4.78 is 11.2. The highest BCUT2D eigenvalue weighted by molar-refractivity contribution is 5.91. The first-order valence-corrected chi connectivity index (χ1v) is 8.19. The van der Waals surface area contributed by atoms with E-state index >= 15 is 0 Å². The molecule has 0 bridgehead atoms. The molecular weight excluding hydrogens is 312 g/mol. The van der Waals surface area contributed by atoms with Crippen LogP contribution in [0, 0.1) is 0 Å². The Hall–Kier alpha value is -1.73. The normalized spacial score (nSPS) is 21.2. The van der Waals surface area contributed by atoms with Crippen LogP contribution in [0.2, 0.25) is 0 Å². The third-order valence-electron chi connectivity index (χ3n) is 3.72. The van der Waals surface area contributed by atoms with Gasteiger partial charge in [-0.15, -0.1) is 0 Å². The van der Waals surface area contributed by atoms with Gasteiger partial charge in [-0.3, -0.25) is 14.4 Å². The molecule has 2 amide bonds. The zero-order chi connectivity index (χ0) is 18.3. The molecule has 0 radical (unpaired) electrons. The van der Waals surface area contributed by atoms with Crippen molar-refractivity contribution in [2.45, 2.75) is 51.1 Å². The van der Waals surface area contributed by atoms with E-state index in [1.165, 1.54) is 9.80 Å². The van der Waals surface area contributed by atoms with Crippen LogP contribution < -0.4 is 0 Å². The van der Waals surface area contributed by atoms with Crippen molar-refractivity contribution >= 4 is 17.6 Å². The van der Waals surface area contributed by atoms with E-state index in [0.29, 0.717) is 19.3 Å². The molecule has 1 aliphatic heterocycles. The lowest BCUT2D eigenvalue weighted by Gasteiger charge is -2.21. The van der Waals surface area contributed by atoms with E-state index in [2.05, 4.69) is 0 Å². The average molecular weight is 340 g/mol. The van der Waals surface area contributed by atoms with Crippen molar-refractivity contribution in [2.24, 2.45) is 0 Å². The highest BCUT2D eigenvalue weighted by atomic mass is 16.7. The van der Waals surface area contributed by atoms with Crippen LogP contribution in [0.25, 0.3) is 0 Å². The molecule has 7 nitrogen and oxygen atoms in total. The van der Waals surface area contributed by atoms with Gasteiger partial charge in [-0.25, -0.2) is 0 Å². The topological polar surface area (TPSA) is 76.2 Å². The largest absolute Gasteiger partial charge is 0.346 e. The second-order valence-corrected chi connectivity index (χ2v) is 6.16. The zero-order valence-electron chi connectivity index (χ0n) is 15.2. The molecule has 1 rings (SSSR count). The summed E-state index contributed by atoms with van der Waals surface area (Å²) in [6.45, 7) is 1.85. The number of unbranched alkanes of at least 4 members (excludes halogenated alkanes) is 1. The van der Waals surface area contributed by atoms with Gasteiger partial charge < -0.3 is 19.3 Å². The smallest absolute Gasteiger partial charge is 0.254 e. The summed E-state index contributed by atoms with van der Waals surface area (Å²) in [6, 6.07) is 0. The van der Waals surface area contributed by atoms with Gasteiger partial charge in [-0.1, -0.05) is 13.0 Å². The molecule has 7 heteroatoms. The predicted molar refractivity (Wildman–Crippen MR) is 89.2 cm³/mol. The van der Waals surface area contributed by atoms with Gasteiger partial charge in [0, 0.05) is 41.0 Å². The first-order chi connectivity index (χ1) is 11.3. The van der Waals surface area contributed by atoms with E-state index in [-0.39, 0.29) is 17.6 Å². The van der Waals surface area contributed by atoms with Crippen molar-refractivity contribution in [3.8, 4) is 0 Å². The SMILES string of the molecule is CCC(=O)CCC/C=C/C1O[C@@H](C(=O)N(C)C)[C@H](C(=O)N(C)C)O1. The summed E-state index contributed by atoms with van der Waals surface area (Å²) in [5, 5.41) is 0. The lowest BCUT2D eigenvalue weighted by molar-refractivity contribution is -0.146. The summed E-state index contributed by atoms with van der Waals surface area (Å²) in [7, 11) is 6.43. The highest BCUT2D eigenvalue weighted by Crippen LogP contribution is 2.23. The number of hydrogen-bond donors (Lipinski definition) is 0. The van der Waals surface area contributed by atoms with Gasteiger partial charge in [0.05, 0.1) is 0 Å². The molecule has 24 heavy (non-hydrogen) atoms. The molecule has 1 saturated heterocycles. The third-order valence-corrected chi connectivity index (χ3v) is 3.72. The average Bonchev–Trinajstić information content (AvgIpc) is 2.96. The van der Waals surface area contributed by atoms with Crippen molar-refractivity contribution in [1.29, 1.82) is 0 Å². The number of carbonyl (C=O) groups excluding carboxylic acids is 3. The molecule has 0 aliphatic carbocycles. The van der Waals surface area contributed by atoms with Crippen molar-refractivity contribution in [2.75, 3.05) is 28.2 Å². The Morgan fingerprint density at radius 1 is 0.958 bits per heavy atom. The Kier molecular flexibility index (Phi) is 8.07. The van der Waals surface area contributed by atoms with E-state index in [0.717, 1.165) is 6.42 Å². The molecule has 0 spiro atoms. The first-order valence-electron chi connectivity index (χ1n) is 8.19. The molecule has 136 valence electrons. The number of Topliss-reactive ketones (excluding diaryl/α,β-unsaturated/α-hetero) is 1. The summed E-state index contributed by atoms with van der Waals surface area (Å²) in [5.74, 6) is -0.371. The maximum atomic E-state index is 12.2. The maximum Gasteiger partial charge on any atom is 0.254 e. The number of nitrogens with zero attached hydrogens (tertiary/aromatic N) is 2. The van der Waals surface area contributed by atoms with E-state index in [9.17, 15) is 14.4 Å². The van der Waals surface area contributed by atoms with Crippen LogP contribution >= 0.6 is 0 Å². The number of amides is 2. The summed E-state index contributed by atoms with van der Waals surface area (Å²) >= 11 is 0. The van der Waals surface area contributed by atoms with Crippen LogP contribution in [0.1, 0.15) is 32.6 Å². The van der Waals surface area contributed by atoms with Crippen molar-refractivity contribution < 1.29 is 23.9 Å². The Bertz CT molecular complexity index is 459. The minimum Gasteiger partial charge on any atom is -0.346 e. The fraction of sp³-hybridized carbons (Fsp3) is 0.706. The van der Waals surface area contributed by atoms with Crippen molar-refractivity contribution in [3.05, 3.63) is 12.2 Å². The Balaban J connectivity index is 2.63. The molecule has 0 saturated carbocycles. The number of carbonyl (C=O) groups is 3. The molecule has 2 atom stereocenters. The Morgan fingerprint density at radius 2 is 1.46 bits per heavy atom. The van der Waals surface area contributed by atoms with E-state index in [4.69, 9.17) is 9.47 Å². The van der Waals surface area contributed by atoms with Crippen LogP contribution in [-0.2, 0) is 23.9 Å². The van der Waals surface area contributed by atoms with E-state index in [1.54, 1.807) is 34.3 Å². The van der Waals surface area contributed by atoms with Crippen molar-refractivity contribution in [1.82, 2.24) is 9.80 Å². The molecule has 1 aliphatic rings. The van der Waals surface area contributed by atoms with Gasteiger partial charge in [0.25, 0.3) is 11.8 Å². The quantitative estimate of drug-likeness (QED) is 0.486. The second kappa shape index (κ2) is 9.54. The lowest BCUT2D eigenvalue weighted by atomic mass is 10.1. The first kappa shape index (κ1) is 20.3. The van der Waals surface area contributed by atoms with Crippen LogP contribution in [0.5, 0.6) is 0 Å². The Labute approximate surface area is 143 Å². The fourth-order valence-electron chi connectivity index (χ4n) is 2.24. The number of hydrogen-bond acceptors (Lipinski definition) is 5. The molecule has 0 aromatic rings. The van der Waals surface area contributed by atoms with Gasteiger partial charge in [-0.2, -0.15) is 0 Å². The second-order valence-electron chi connectivity index (χ2n) is 6.16. The van der Waals surface area contributed by atoms with Crippen LogP contribution in [0.3, 0.4) is 0 Å². The number of likely N-dealkylation sites (N-methyl/N-ethyl adjacent to an activating group) is 2. The maximum absolute atomic E-state index is 12.2. The van der Waals surface area contributed by atoms with Crippen LogP contribution in [0.4, 0.5) is 0 Å². The van der Waals surface area contributed by atoms with Gasteiger partial charge in [0.2, 0.25) is 0 Å². The molecule has 0 N–H and O–H groups in total. The van der Waals surface area contributed by atoms with Gasteiger partial charge >= 0.3 is 0 Å². The lowest BCUT2D eigenvalue weighted by Crippen LogP contribution is -2.47. The summed E-state index contributed by atoms with van der Waals surface area (Å²) in [5.41, 5.74) is 0. The van der Waals surface area contributed by atoms with E-state index < -0.39 is 18.5 Å².